The van der Waals surface area contributed by atoms with E-state index < -0.39 is 33.8 Å². The van der Waals surface area contributed by atoms with Crippen molar-refractivity contribution < 1.29 is 28.0 Å². The molecule has 27 heavy (non-hydrogen) atoms. The summed E-state index contributed by atoms with van der Waals surface area (Å²) in [6.45, 7) is -0.00424. The molecular weight excluding hydrogens is 396 g/mol. The highest BCUT2D eigenvalue weighted by atomic mass is 35.5. The molecule has 0 radical (unpaired) electrons. The van der Waals surface area contributed by atoms with Gasteiger partial charge in [0.2, 0.25) is 5.72 Å². The number of halogens is 1. The highest BCUT2D eigenvalue weighted by Crippen LogP contribution is 2.40. The molecule has 2 N–H and O–H groups in total. The van der Waals surface area contributed by atoms with Gasteiger partial charge in [0.05, 0.1) is 23.7 Å². The Morgan fingerprint density at radius 2 is 2.04 bits per heavy atom. The van der Waals surface area contributed by atoms with Crippen LogP contribution < -0.4 is 10.5 Å². The second-order valence-electron chi connectivity index (χ2n) is 6.06. The third-order valence-corrected chi connectivity index (χ3v) is 6.53. The summed E-state index contributed by atoms with van der Waals surface area (Å²) in [7, 11) is 1.28. The van der Waals surface area contributed by atoms with E-state index in [1.165, 1.54) is 7.11 Å². The fourth-order valence-electron chi connectivity index (χ4n) is 3.02. The van der Waals surface area contributed by atoms with Crippen molar-refractivity contribution in [2.45, 2.75) is 17.7 Å². The van der Waals surface area contributed by atoms with Crippen LogP contribution in [-0.4, -0.2) is 57.9 Å². The van der Waals surface area contributed by atoms with Crippen LogP contribution in [0.2, 0.25) is 0 Å². The summed E-state index contributed by atoms with van der Waals surface area (Å²) < 4.78 is 27.9. The molecule has 1 amide bonds. The molecule has 10 heteroatoms. The van der Waals surface area contributed by atoms with Crippen LogP contribution in [0.4, 0.5) is 0 Å². The van der Waals surface area contributed by atoms with Crippen LogP contribution in [0.3, 0.4) is 0 Å². The molecule has 0 aliphatic carbocycles. The summed E-state index contributed by atoms with van der Waals surface area (Å²) in [6.07, 6.45) is 0. The van der Waals surface area contributed by atoms with E-state index in [0.29, 0.717) is 11.3 Å². The maximum absolute atomic E-state index is 12.7. The summed E-state index contributed by atoms with van der Waals surface area (Å²) in [5.41, 5.74) is 5.30. The van der Waals surface area contributed by atoms with Crippen LogP contribution in [0.1, 0.15) is 5.56 Å². The molecule has 0 spiro atoms. The second kappa shape index (κ2) is 7.59. The maximum atomic E-state index is 12.7. The Bertz CT molecular complexity index is 827. The quantitative estimate of drug-likeness (QED) is 0.312. The number of hydrogen-bond acceptors (Lipinski definition) is 7. The van der Waals surface area contributed by atoms with Gasteiger partial charge in [0.25, 0.3) is 5.91 Å². The Hall–Kier alpha value is -1.94. The van der Waals surface area contributed by atoms with Gasteiger partial charge >= 0.3 is 5.97 Å². The average molecular weight is 415 g/mol. The lowest BCUT2D eigenvalue weighted by molar-refractivity contribution is -0.184. The number of nitrogens with two attached hydrogens (primary N) is 1. The number of rotatable bonds is 6. The molecule has 3 atom stereocenters. The van der Waals surface area contributed by atoms with Crippen molar-refractivity contribution in [3.63, 3.8) is 0 Å². The first-order chi connectivity index (χ1) is 12.9. The van der Waals surface area contributed by atoms with E-state index in [1.807, 2.05) is 0 Å². The van der Waals surface area contributed by atoms with Gasteiger partial charge < -0.3 is 14.2 Å². The third-order valence-electron chi connectivity index (χ3n) is 4.52. The topological polar surface area (TPSA) is 108 Å². The Morgan fingerprint density at radius 1 is 1.37 bits per heavy atom. The van der Waals surface area contributed by atoms with Gasteiger partial charge in [0.15, 0.2) is 5.37 Å². The predicted molar refractivity (Wildman–Crippen MR) is 98.1 cm³/mol. The molecule has 1 aromatic carbocycles. The number of methoxy groups -OCH3 is 2. The van der Waals surface area contributed by atoms with Gasteiger partial charge in [-0.1, -0.05) is 12.1 Å². The average Bonchev–Trinajstić information content (AvgIpc) is 2.70. The minimum atomic E-state index is -1.72. The Morgan fingerprint density at radius 3 is 2.59 bits per heavy atom. The van der Waals surface area contributed by atoms with Crippen molar-refractivity contribution in [2.75, 3.05) is 25.9 Å². The van der Waals surface area contributed by atoms with Crippen LogP contribution in [0.25, 0.3) is 0 Å². The molecule has 1 saturated heterocycles. The highest BCUT2D eigenvalue weighted by molar-refractivity contribution is 7.86. The van der Waals surface area contributed by atoms with Crippen molar-refractivity contribution in [3.05, 3.63) is 41.1 Å². The first kappa shape index (κ1) is 19.8. The van der Waals surface area contributed by atoms with Crippen LogP contribution >= 0.6 is 11.6 Å². The molecule has 0 saturated carbocycles. The molecule has 0 bridgehead atoms. The van der Waals surface area contributed by atoms with Crippen LogP contribution in [0.5, 0.6) is 5.75 Å². The molecule has 1 aromatic rings. The lowest BCUT2D eigenvalue weighted by Gasteiger charge is -2.53. The number of esters is 1. The zero-order valence-corrected chi connectivity index (χ0v) is 16.3. The van der Waals surface area contributed by atoms with E-state index >= 15 is 0 Å². The SMILES string of the molecule is COc1ccc(COC(=O)C2=C(CCl)CS(=O)[C@H]3N2C(=O)[C@]3(N)OC)cc1. The second-order valence-corrected chi connectivity index (χ2v) is 7.82. The van der Waals surface area contributed by atoms with E-state index in [-0.39, 0.29) is 23.9 Å². The van der Waals surface area contributed by atoms with Gasteiger partial charge in [-0.15, -0.1) is 11.6 Å². The summed E-state index contributed by atoms with van der Waals surface area (Å²) in [5, 5.41) is -0.953. The molecule has 0 aromatic heterocycles. The summed E-state index contributed by atoms with van der Waals surface area (Å²) >= 11 is 5.91. The number of ether oxygens (including phenoxy) is 3. The largest absolute Gasteiger partial charge is 0.497 e. The number of benzene rings is 1. The lowest BCUT2D eigenvalue weighted by atomic mass is 10.00. The van der Waals surface area contributed by atoms with Crippen LogP contribution in [0.15, 0.2) is 35.5 Å². The highest BCUT2D eigenvalue weighted by Gasteiger charge is 2.66. The Labute approximate surface area is 163 Å². The molecule has 2 aliphatic heterocycles. The van der Waals surface area contributed by atoms with Crippen molar-refractivity contribution in [2.24, 2.45) is 5.73 Å². The standard InChI is InChI=1S/C17H19ClN2O6S/c1-24-12-5-3-10(4-6-12)8-26-14(21)13-11(7-18)9-27(23)16-17(19,25-2)15(22)20(13)16/h3-6,16H,7-9,19H2,1-2H3/t16-,17+,27?/m1/s1. The van der Waals surface area contributed by atoms with Gasteiger partial charge in [-0.3, -0.25) is 19.6 Å². The van der Waals surface area contributed by atoms with Crippen molar-refractivity contribution >= 4 is 34.3 Å². The van der Waals surface area contributed by atoms with Gasteiger partial charge in [0, 0.05) is 13.0 Å². The molecule has 1 unspecified atom stereocenters. The van der Waals surface area contributed by atoms with Gasteiger partial charge in [-0.25, -0.2) is 4.79 Å². The number of fused-ring (bicyclic) bond motifs is 1. The first-order valence-corrected chi connectivity index (χ1v) is 9.92. The van der Waals surface area contributed by atoms with Gasteiger partial charge in [0.1, 0.15) is 18.1 Å². The molecule has 8 nitrogen and oxygen atoms in total. The minimum absolute atomic E-state index is 0.00424. The van der Waals surface area contributed by atoms with E-state index in [2.05, 4.69) is 0 Å². The Balaban J connectivity index is 1.81. The smallest absolute Gasteiger partial charge is 0.355 e. The molecule has 146 valence electrons. The molecular formula is C17H19ClN2O6S. The van der Waals surface area contributed by atoms with Crippen LogP contribution in [-0.2, 0) is 36.5 Å². The number of hydrogen-bond donors (Lipinski definition) is 1. The van der Waals surface area contributed by atoms with Gasteiger partial charge in [-0.05, 0) is 23.3 Å². The summed E-state index contributed by atoms with van der Waals surface area (Å²) in [4.78, 5) is 26.2. The molecule has 2 aliphatic rings. The summed E-state index contributed by atoms with van der Waals surface area (Å²) in [6, 6.07) is 7.00. The van der Waals surface area contributed by atoms with E-state index in [9.17, 15) is 13.8 Å². The van der Waals surface area contributed by atoms with Gasteiger partial charge in [-0.2, -0.15) is 0 Å². The predicted octanol–water partition coefficient (Wildman–Crippen LogP) is 0.463. The third kappa shape index (κ3) is 3.25. The van der Waals surface area contributed by atoms with Crippen molar-refractivity contribution in [1.29, 1.82) is 0 Å². The zero-order valence-electron chi connectivity index (χ0n) is 14.8. The van der Waals surface area contributed by atoms with E-state index in [0.717, 1.165) is 10.5 Å². The number of carbonyl (C=O) groups is 2. The first-order valence-electron chi connectivity index (χ1n) is 8.00. The minimum Gasteiger partial charge on any atom is -0.497 e. The number of β-lactam (4-membered cyclic amide) rings is 1. The van der Waals surface area contributed by atoms with E-state index in [4.69, 9.17) is 31.5 Å². The molecule has 2 heterocycles. The van der Waals surface area contributed by atoms with Crippen molar-refractivity contribution in [1.82, 2.24) is 4.90 Å². The fraction of sp³-hybridized carbons (Fsp3) is 0.412. The van der Waals surface area contributed by atoms with Crippen LogP contribution in [0, 0.1) is 0 Å². The maximum Gasteiger partial charge on any atom is 0.355 e. The summed E-state index contributed by atoms with van der Waals surface area (Å²) in [5.74, 6) is -0.732. The Kier molecular flexibility index (Phi) is 5.57. The fourth-order valence-corrected chi connectivity index (χ4v) is 5.12. The van der Waals surface area contributed by atoms with Crippen molar-refractivity contribution in [3.8, 4) is 5.75 Å². The molecule has 1 fully saturated rings. The number of amides is 1. The number of carbonyl (C=O) groups excluding carboxylic acids is 2. The lowest BCUT2D eigenvalue weighted by Crippen LogP contribution is -2.81. The number of alkyl halides is 1. The molecule has 3 rings (SSSR count). The zero-order chi connectivity index (χ0) is 19.8. The van der Waals surface area contributed by atoms with E-state index in [1.54, 1.807) is 31.4 Å². The number of nitrogens with zero attached hydrogens (tertiary/aromatic N) is 1. The normalized spacial score (nSPS) is 27.1. The monoisotopic (exact) mass is 414 g/mol.